The Morgan fingerprint density at radius 2 is 2.03 bits per heavy atom. The van der Waals surface area contributed by atoms with E-state index in [2.05, 4.69) is 18.2 Å². The van der Waals surface area contributed by atoms with E-state index in [9.17, 15) is 20.6 Å². The van der Waals surface area contributed by atoms with Crippen molar-refractivity contribution in [3.63, 3.8) is 0 Å². The molecule has 2 aliphatic rings. The van der Waals surface area contributed by atoms with Crippen molar-refractivity contribution >= 4 is 11.6 Å². The van der Waals surface area contributed by atoms with Crippen LogP contribution in [0.15, 0.2) is 29.8 Å². The number of nitrogens with zero attached hydrogens (tertiary/aromatic N) is 4. The SMILES string of the molecule is COc1cc([C@H]2[C@@H]3CN(C)CC=C3C(C#N)C(=N)C2(C#N)C#N)ccc1OCC(N)=O. The van der Waals surface area contributed by atoms with Crippen LogP contribution in [0.1, 0.15) is 11.5 Å². The van der Waals surface area contributed by atoms with E-state index in [4.69, 9.17) is 20.6 Å². The van der Waals surface area contributed by atoms with Gasteiger partial charge in [-0.3, -0.25) is 4.79 Å². The first-order valence-corrected chi connectivity index (χ1v) is 9.61. The molecule has 1 saturated carbocycles. The molecule has 9 nitrogen and oxygen atoms in total. The molecule has 1 aliphatic carbocycles. The van der Waals surface area contributed by atoms with Gasteiger partial charge < -0.3 is 25.5 Å². The van der Waals surface area contributed by atoms with Crippen molar-refractivity contribution in [2.24, 2.45) is 23.0 Å². The number of nitrogens with two attached hydrogens (primary N) is 1. The summed E-state index contributed by atoms with van der Waals surface area (Å²) in [5.74, 6) is -1.93. The summed E-state index contributed by atoms with van der Waals surface area (Å²) in [5.41, 5.74) is 4.51. The zero-order valence-corrected chi connectivity index (χ0v) is 17.3. The first kappa shape index (κ1) is 21.8. The molecule has 3 N–H and O–H groups in total. The van der Waals surface area contributed by atoms with Gasteiger partial charge in [-0.2, -0.15) is 15.8 Å². The Morgan fingerprint density at radius 1 is 1.32 bits per heavy atom. The van der Waals surface area contributed by atoms with E-state index in [0.717, 1.165) is 5.57 Å². The molecule has 3 rings (SSSR count). The Kier molecular flexibility index (Phi) is 5.97. The predicted molar refractivity (Wildman–Crippen MR) is 110 cm³/mol. The molecule has 9 heteroatoms. The molecule has 0 bridgehead atoms. The normalized spacial score (nSPS) is 24.5. The molecular formula is C22H22N6O3. The fraction of sp³-hybridized carbons (Fsp3) is 0.409. The fourth-order valence-electron chi connectivity index (χ4n) is 4.47. The average Bonchev–Trinajstić information content (AvgIpc) is 2.77. The van der Waals surface area contributed by atoms with Crippen LogP contribution in [0.3, 0.4) is 0 Å². The molecule has 31 heavy (non-hydrogen) atoms. The lowest BCUT2D eigenvalue weighted by Gasteiger charge is -2.47. The van der Waals surface area contributed by atoms with Gasteiger partial charge in [0.15, 0.2) is 23.5 Å². The van der Waals surface area contributed by atoms with Crippen molar-refractivity contribution in [3.8, 4) is 29.7 Å². The van der Waals surface area contributed by atoms with Crippen LogP contribution >= 0.6 is 0 Å². The number of nitrogens with one attached hydrogen (secondary N) is 1. The van der Waals surface area contributed by atoms with Crippen molar-refractivity contribution < 1.29 is 14.3 Å². The minimum Gasteiger partial charge on any atom is -0.493 e. The van der Waals surface area contributed by atoms with Gasteiger partial charge >= 0.3 is 0 Å². The second-order valence-corrected chi connectivity index (χ2v) is 7.68. The minimum atomic E-state index is -1.80. The number of likely N-dealkylation sites (N-methyl/N-ethyl adjacent to an activating group) is 1. The monoisotopic (exact) mass is 418 g/mol. The smallest absolute Gasteiger partial charge is 0.255 e. The zero-order valence-electron chi connectivity index (χ0n) is 17.3. The number of carbonyl (C=O) groups excluding carboxylic acids is 1. The summed E-state index contributed by atoms with van der Waals surface area (Å²) >= 11 is 0. The standard InChI is InChI=1S/C22H22N6O3/c1-28-6-5-14-15(8-23)21(27)22(11-24,12-25)20(16(14)9-28)13-3-4-17(18(7-13)30-2)31-10-19(26)29/h3-5,7,15-16,20,27H,6,9-10H2,1-2H3,(H2,26,29)/t15?,16-,20+/m1/s1. The van der Waals surface area contributed by atoms with Gasteiger partial charge in [0.25, 0.3) is 5.91 Å². The Hall–Kier alpha value is -3.87. The molecule has 1 amide bonds. The first-order chi connectivity index (χ1) is 14.8. The summed E-state index contributed by atoms with van der Waals surface area (Å²) in [5, 5.41) is 38.5. The van der Waals surface area contributed by atoms with Gasteiger partial charge in [0.2, 0.25) is 0 Å². The van der Waals surface area contributed by atoms with Gasteiger partial charge in [0.1, 0.15) is 5.92 Å². The second-order valence-electron chi connectivity index (χ2n) is 7.68. The van der Waals surface area contributed by atoms with E-state index in [1.807, 2.05) is 18.0 Å². The summed E-state index contributed by atoms with van der Waals surface area (Å²) in [4.78, 5) is 13.1. The van der Waals surface area contributed by atoms with E-state index < -0.39 is 23.2 Å². The summed E-state index contributed by atoms with van der Waals surface area (Å²) in [6.07, 6.45) is 1.92. The van der Waals surface area contributed by atoms with Crippen molar-refractivity contribution in [3.05, 3.63) is 35.4 Å². The maximum Gasteiger partial charge on any atom is 0.255 e. The largest absolute Gasteiger partial charge is 0.493 e. The quantitative estimate of drug-likeness (QED) is 0.682. The number of methoxy groups -OCH3 is 1. The molecule has 0 saturated heterocycles. The number of hydrogen-bond donors (Lipinski definition) is 2. The highest BCUT2D eigenvalue weighted by Crippen LogP contribution is 2.54. The number of rotatable bonds is 5. The lowest BCUT2D eigenvalue weighted by Crippen LogP contribution is -2.52. The number of hydrogen-bond acceptors (Lipinski definition) is 8. The second kappa shape index (κ2) is 8.47. The topological polar surface area (TPSA) is 160 Å². The van der Waals surface area contributed by atoms with E-state index >= 15 is 0 Å². The van der Waals surface area contributed by atoms with Crippen molar-refractivity contribution in [1.29, 1.82) is 21.2 Å². The number of fused-ring (bicyclic) bond motifs is 1. The zero-order chi connectivity index (χ0) is 22.8. The maximum atomic E-state index is 11.1. The number of carbonyl (C=O) groups is 1. The Balaban J connectivity index is 2.18. The molecular weight excluding hydrogens is 396 g/mol. The van der Waals surface area contributed by atoms with Crippen LogP contribution in [-0.4, -0.2) is 50.4 Å². The molecule has 158 valence electrons. The van der Waals surface area contributed by atoms with E-state index in [1.165, 1.54) is 7.11 Å². The molecule has 0 aromatic heterocycles. The number of ether oxygens (including phenoxy) is 2. The van der Waals surface area contributed by atoms with Gasteiger partial charge in [-0.25, -0.2) is 0 Å². The summed E-state index contributed by atoms with van der Waals surface area (Å²) in [7, 11) is 3.36. The highest BCUT2D eigenvalue weighted by Gasteiger charge is 2.57. The highest BCUT2D eigenvalue weighted by atomic mass is 16.5. The third-order valence-electron chi connectivity index (χ3n) is 5.89. The third kappa shape index (κ3) is 3.59. The summed E-state index contributed by atoms with van der Waals surface area (Å²) < 4.78 is 10.8. The van der Waals surface area contributed by atoms with E-state index in [1.54, 1.807) is 18.2 Å². The van der Waals surface area contributed by atoms with Crippen LogP contribution in [-0.2, 0) is 4.79 Å². The maximum absolute atomic E-state index is 11.1. The molecule has 0 radical (unpaired) electrons. The number of benzene rings is 1. The molecule has 0 spiro atoms. The van der Waals surface area contributed by atoms with Crippen molar-refractivity contribution in [2.45, 2.75) is 5.92 Å². The van der Waals surface area contributed by atoms with Crippen LogP contribution < -0.4 is 15.2 Å². The Morgan fingerprint density at radius 3 is 2.61 bits per heavy atom. The molecule has 1 aromatic carbocycles. The number of primary amides is 1. The Labute approximate surface area is 180 Å². The average molecular weight is 418 g/mol. The molecule has 1 unspecified atom stereocenters. The minimum absolute atomic E-state index is 0.204. The first-order valence-electron chi connectivity index (χ1n) is 9.61. The summed E-state index contributed by atoms with van der Waals surface area (Å²) in [6, 6.07) is 11.2. The lowest BCUT2D eigenvalue weighted by molar-refractivity contribution is -0.119. The van der Waals surface area contributed by atoms with Crippen LogP contribution in [0, 0.1) is 56.7 Å². The van der Waals surface area contributed by atoms with Crippen LogP contribution in [0.25, 0.3) is 0 Å². The third-order valence-corrected chi connectivity index (χ3v) is 5.89. The molecule has 1 aliphatic heterocycles. The van der Waals surface area contributed by atoms with Gasteiger partial charge in [0.05, 0.1) is 31.0 Å². The van der Waals surface area contributed by atoms with Crippen molar-refractivity contribution in [2.75, 3.05) is 33.9 Å². The van der Waals surface area contributed by atoms with Gasteiger partial charge in [-0.05, 0) is 30.3 Å². The molecule has 1 fully saturated rings. The van der Waals surface area contributed by atoms with E-state index in [0.29, 0.717) is 30.2 Å². The highest BCUT2D eigenvalue weighted by molar-refractivity contribution is 6.00. The van der Waals surface area contributed by atoms with Gasteiger partial charge in [-0.15, -0.1) is 0 Å². The van der Waals surface area contributed by atoms with Crippen LogP contribution in [0.4, 0.5) is 0 Å². The fourth-order valence-corrected chi connectivity index (χ4v) is 4.47. The Bertz CT molecular complexity index is 1060. The van der Waals surface area contributed by atoms with Crippen LogP contribution in [0.5, 0.6) is 11.5 Å². The lowest BCUT2D eigenvalue weighted by atomic mass is 9.54. The predicted octanol–water partition coefficient (Wildman–Crippen LogP) is 1.34. The molecule has 1 heterocycles. The van der Waals surface area contributed by atoms with Crippen molar-refractivity contribution in [1.82, 2.24) is 4.90 Å². The summed E-state index contributed by atoms with van der Waals surface area (Å²) in [6.45, 7) is 0.836. The molecule has 3 atom stereocenters. The number of amides is 1. The van der Waals surface area contributed by atoms with Gasteiger partial charge in [0, 0.05) is 24.9 Å². The number of nitriles is 3. The van der Waals surface area contributed by atoms with Crippen LogP contribution in [0.2, 0.25) is 0 Å². The molecule has 1 aromatic rings. The van der Waals surface area contributed by atoms with Gasteiger partial charge in [-0.1, -0.05) is 12.1 Å². The van der Waals surface area contributed by atoms with E-state index in [-0.39, 0.29) is 18.2 Å².